The largest absolute Gasteiger partial charge is 0.508 e. The van der Waals surface area contributed by atoms with Gasteiger partial charge in [-0.05, 0) is 25.1 Å². The predicted octanol–water partition coefficient (Wildman–Crippen LogP) is 2.94. The van der Waals surface area contributed by atoms with Crippen molar-refractivity contribution in [3.63, 3.8) is 0 Å². The van der Waals surface area contributed by atoms with Crippen LogP contribution < -0.4 is 0 Å². The standard InChI is InChI=1S/C8H8OS2/c1-5-10-7-3-2-6(9)4-8(7)11-5/h2-5,9H,1H3. The summed E-state index contributed by atoms with van der Waals surface area (Å²) < 4.78 is 0.590. The van der Waals surface area contributed by atoms with Crippen LogP contribution >= 0.6 is 23.5 Å². The van der Waals surface area contributed by atoms with Gasteiger partial charge < -0.3 is 5.11 Å². The van der Waals surface area contributed by atoms with E-state index >= 15 is 0 Å². The number of hydrogen-bond donors (Lipinski definition) is 1. The van der Waals surface area contributed by atoms with Gasteiger partial charge in [-0.25, -0.2) is 0 Å². The zero-order valence-corrected chi connectivity index (χ0v) is 7.71. The van der Waals surface area contributed by atoms with E-state index < -0.39 is 0 Å². The second-order valence-electron chi connectivity index (χ2n) is 2.43. The van der Waals surface area contributed by atoms with E-state index in [9.17, 15) is 0 Å². The lowest BCUT2D eigenvalue weighted by atomic mass is 10.3. The van der Waals surface area contributed by atoms with Crippen LogP contribution in [0.15, 0.2) is 28.0 Å². The molecule has 1 aromatic rings. The molecule has 1 N–H and O–H groups in total. The molecule has 1 aromatic carbocycles. The molecule has 0 saturated carbocycles. The van der Waals surface area contributed by atoms with Crippen molar-refractivity contribution in [2.75, 3.05) is 0 Å². The Kier molecular flexibility index (Phi) is 1.77. The van der Waals surface area contributed by atoms with Gasteiger partial charge in [0.15, 0.2) is 0 Å². The van der Waals surface area contributed by atoms with E-state index in [1.165, 1.54) is 9.79 Å². The maximum atomic E-state index is 9.16. The maximum absolute atomic E-state index is 9.16. The quantitative estimate of drug-likeness (QED) is 0.669. The summed E-state index contributed by atoms with van der Waals surface area (Å²) in [6.45, 7) is 2.17. The number of phenols is 1. The number of rotatable bonds is 0. The van der Waals surface area contributed by atoms with Crippen molar-refractivity contribution in [3.05, 3.63) is 18.2 Å². The third-order valence-electron chi connectivity index (χ3n) is 1.51. The van der Waals surface area contributed by atoms with Crippen molar-refractivity contribution in [3.8, 4) is 5.75 Å². The lowest BCUT2D eigenvalue weighted by Gasteiger charge is -1.95. The zero-order chi connectivity index (χ0) is 7.84. The number of thioether (sulfide) groups is 2. The SMILES string of the molecule is CC1Sc2ccc(O)cc2S1. The highest BCUT2D eigenvalue weighted by atomic mass is 32.2. The Morgan fingerprint density at radius 1 is 1.27 bits per heavy atom. The number of benzene rings is 1. The molecular weight excluding hydrogens is 176 g/mol. The van der Waals surface area contributed by atoms with Crippen LogP contribution in [0.3, 0.4) is 0 Å². The number of fused-ring (bicyclic) bond motifs is 1. The molecule has 0 amide bonds. The second-order valence-corrected chi connectivity index (χ2v) is 5.50. The Hall–Kier alpha value is -0.280. The Morgan fingerprint density at radius 2 is 2.00 bits per heavy atom. The van der Waals surface area contributed by atoms with E-state index in [-0.39, 0.29) is 0 Å². The number of aromatic hydroxyl groups is 1. The van der Waals surface area contributed by atoms with Crippen molar-refractivity contribution in [1.82, 2.24) is 0 Å². The lowest BCUT2D eigenvalue weighted by Crippen LogP contribution is -1.75. The van der Waals surface area contributed by atoms with Crippen LogP contribution in [0, 0.1) is 0 Å². The molecule has 1 unspecified atom stereocenters. The molecule has 0 aromatic heterocycles. The zero-order valence-electron chi connectivity index (χ0n) is 6.07. The van der Waals surface area contributed by atoms with Crippen molar-refractivity contribution >= 4 is 23.5 Å². The Morgan fingerprint density at radius 3 is 2.82 bits per heavy atom. The summed E-state index contributed by atoms with van der Waals surface area (Å²) in [6.07, 6.45) is 0. The van der Waals surface area contributed by atoms with Crippen LogP contribution in [0.25, 0.3) is 0 Å². The second kappa shape index (κ2) is 2.64. The fourth-order valence-electron chi connectivity index (χ4n) is 1.07. The molecule has 1 nitrogen and oxygen atoms in total. The van der Waals surface area contributed by atoms with Gasteiger partial charge in [0.05, 0.1) is 4.58 Å². The third-order valence-corrected chi connectivity index (χ3v) is 4.09. The van der Waals surface area contributed by atoms with Crippen LogP contribution in [0.1, 0.15) is 6.92 Å². The van der Waals surface area contributed by atoms with Gasteiger partial charge in [0.1, 0.15) is 5.75 Å². The summed E-state index contributed by atoms with van der Waals surface area (Å²) >= 11 is 3.66. The van der Waals surface area contributed by atoms with Crippen LogP contribution in [-0.2, 0) is 0 Å². The molecule has 1 aliphatic heterocycles. The summed E-state index contributed by atoms with van der Waals surface area (Å²) in [6, 6.07) is 5.55. The van der Waals surface area contributed by atoms with Gasteiger partial charge >= 0.3 is 0 Å². The van der Waals surface area contributed by atoms with Crippen molar-refractivity contribution in [2.24, 2.45) is 0 Å². The Bertz CT molecular complexity index is 285. The van der Waals surface area contributed by atoms with E-state index in [0.717, 1.165) is 0 Å². The topological polar surface area (TPSA) is 20.2 Å². The average molecular weight is 184 g/mol. The minimum Gasteiger partial charge on any atom is -0.508 e. The molecule has 0 spiro atoms. The molecule has 3 heteroatoms. The van der Waals surface area contributed by atoms with E-state index in [2.05, 4.69) is 6.92 Å². The molecule has 0 fully saturated rings. The molecule has 1 heterocycles. The summed E-state index contributed by atoms with van der Waals surface area (Å²) in [7, 11) is 0. The van der Waals surface area contributed by atoms with Crippen molar-refractivity contribution in [1.29, 1.82) is 0 Å². The number of hydrogen-bond acceptors (Lipinski definition) is 3. The van der Waals surface area contributed by atoms with Gasteiger partial charge in [-0.2, -0.15) is 0 Å². The van der Waals surface area contributed by atoms with Gasteiger partial charge in [-0.15, -0.1) is 23.5 Å². The van der Waals surface area contributed by atoms with E-state index in [4.69, 9.17) is 5.11 Å². The smallest absolute Gasteiger partial charge is 0.116 e. The van der Waals surface area contributed by atoms with Crippen molar-refractivity contribution in [2.45, 2.75) is 21.3 Å². The van der Waals surface area contributed by atoms with E-state index in [0.29, 0.717) is 10.3 Å². The highest BCUT2D eigenvalue weighted by Crippen LogP contribution is 2.48. The van der Waals surface area contributed by atoms with E-state index in [1.807, 2.05) is 35.7 Å². The monoisotopic (exact) mass is 184 g/mol. The lowest BCUT2D eigenvalue weighted by molar-refractivity contribution is 0.473. The maximum Gasteiger partial charge on any atom is 0.116 e. The van der Waals surface area contributed by atoms with Gasteiger partial charge in [0.25, 0.3) is 0 Å². The molecule has 11 heavy (non-hydrogen) atoms. The first-order valence-corrected chi connectivity index (χ1v) is 5.18. The molecule has 1 atom stereocenters. The minimum absolute atomic E-state index is 0.367. The molecule has 0 radical (unpaired) electrons. The number of phenolic OH excluding ortho intramolecular Hbond substituents is 1. The average Bonchev–Trinajstić information content (AvgIpc) is 2.27. The van der Waals surface area contributed by atoms with Crippen LogP contribution in [0.4, 0.5) is 0 Å². The first-order valence-electron chi connectivity index (χ1n) is 3.42. The predicted molar refractivity (Wildman–Crippen MR) is 49.3 cm³/mol. The highest BCUT2D eigenvalue weighted by Gasteiger charge is 2.18. The third kappa shape index (κ3) is 1.35. The van der Waals surface area contributed by atoms with Gasteiger partial charge in [-0.1, -0.05) is 0 Å². The van der Waals surface area contributed by atoms with Gasteiger partial charge in [-0.3, -0.25) is 0 Å². The van der Waals surface area contributed by atoms with Crippen LogP contribution in [0.2, 0.25) is 0 Å². The summed E-state index contributed by atoms with van der Waals surface area (Å²) in [5.74, 6) is 0.367. The molecule has 0 aliphatic carbocycles. The summed E-state index contributed by atoms with van der Waals surface area (Å²) in [5.41, 5.74) is 0. The fraction of sp³-hybridized carbons (Fsp3) is 0.250. The van der Waals surface area contributed by atoms with E-state index in [1.54, 1.807) is 6.07 Å². The van der Waals surface area contributed by atoms with Crippen LogP contribution in [0.5, 0.6) is 5.75 Å². The molecule has 58 valence electrons. The minimum atomic E-state index is 0.367. The van der Waals surface area contributed by atoms with Crippen molar-refractivity contribution < 1.29 is 5.11 Å². The normalized spacial score (nSPS) is 21.7. The van der Waals surface area contributed by atoms with Crippen LogP contribution in [-0.4, -0.2) is 9.69 Å². The first-order chi connectivity index (χ1) is 5.25. The molecular formula is C8H8OS2. The molecule has 1 aliphatic rings. The molecule has 0 saturated heterocycles. The Labute approximate surface area is 74.2 Å². The van der Waals surface area contributed by atoms with Gasteiger partial charge in [0, 0.05) is 9.79 Å². The highest BCUT2D eigenvalue weighted by molar-refractivity contribution is 8.19. The molecule has 0 bridgehead atoms. The van der Waals surface area contributed by atoms with Gasteiger partial charge in [0.2, 0.25) is 0 Å². The molecule has 2 rings (SSSR count). The first kappa shape index (κ1) is 7.37. The summed E-state index contributed by atoms with van der Waals surface area (Å²) in [4.78, 5) is 2.50. The Balaban J connectivity index is 2.43. The fourth-order valence-corrected chi connectivity index (χ4v) is 3.58. The summed E-state index contributed by atoms with van der Waals surface area (Å²) in [5, 5.41) is 9.16.